The zero-order chi connectivity index (χ0) is 20.3. The number of amides is 2. The quantitative estimate of drug-likeness (QED) is 0.776. The number of nitrogens with one attached hydrogen (secondary N) is 2. The van der Waals surface area contributed by atoms with Gasteiger partial charge in [0, 0.05) is 5.69 Å². The van der Waals surface area contributed by atoms with E-state index in [0.717, 1.165) is 11.1 Å². The number of carbonyl (C=O) groups excluding carboxylic acids is 3. The number of hydrogen-bond donors (Lipinski definition) is 2. The Morgan fingerprint density at radius 1 is 1.14 bits per heavy atom. The third kappa shape index (κ3) is 4.31. The maximum absolute atomic E-state index is 12.4. The molecule has 28 heavy (non-hydrogen) atoms. The van der Waals surface area contributed by atoms with Crippen LogP contribution in [0.4, 0.5) is 11.4 Å². The molecule has 2 aromatic rings. The number of benzene rings is 2. The minimum Gasteiger partial charge on any atom is -0.478 e. The number of aryl methyl sites for hydroxylation is 2. The van der Waals surface area contributed by atoms with Gasteiger partial charge in [-0.3, -0.25) is 14.4 Å². The number of fused-ring (bicyclic) bond motifs is 1. The average Bonchev–Trinajstić information content (AvgIpc) is 2.65. The number of anilines is 2. The lowest BCUT2D eigenvalue weighted by Gasteiger charge is -2.25. The monoisotopic (exact) mass is 382 g/mol. The molecule has 0 saturated carbocycles. The molecule has 2 aromatic carbocycles. The van der Waals surface area contributed by atoms with Crippen LogP contribution < -0.4 is 15.4 Å². The Balaban J connectivity index is 1.57. The fourth-order valence-corrected chi connectivity index (χ4v) is 2.91. The maximum atomic E-state index is 12.4. The summed E-state index contributed by atoms with van der Waals surface area (Å²) in [5.41, 5.74) is 3.08. The summed E-state index contributed by atoms with van der Waals surface area (Å²) in [7, 11) is 0. The number of ether oxygens (including phenoxy) is 2. The van der Waals surface area contributed by atoms with E-state index in [-0.39, 0.29) is 6.42 Å². The molecule has 1 aliphatic heterocycles. The predicted octanol–water partition coefficient (Wildman–Crippen LogP) is 2.96. The zero-order valence-corrected chi connectivity index (χ0v) is 15.9. The van der Waals surface area contributed by atoms with Gasteiger partial charge < -0.3 is 20.1 Å². The van der Waals surface area contributed by atoms with Gasteiger partial charge in [-0.25, -0.2) is 0 Å². The van der Waals surface area contributed by atoms with Crippen molar-refractivity contribution in [2.75, 3.05) is 10.6 Å². The molecule has 2 atom stereocenters. The van der Waals surface area contributed by atoms with Gasteiger partial charge in [-0.2, -0.15) is 0 Å². The fourth-order valence-electron chi connectivity index (χ4n) is 2.91. The third-order valence-corrected chi connectivity index (χ3v) is 4.47. The second-order valence-electron chi connectivity index (χ2n) is 6.68. The molecule has 0 saturated heterocycles. The molecule has 3 rings (SSSR count). The molecule has 0 radical (unpaired) electrons. The fraction of sp³-hybridized carbons (Fsp3) is 0.286. The Labute approximate surface area is 163 Å². The number of rotatable bonds is 5. The summed E-state index contributed by atoms with van der Waals surface area (Å²) < 4.78 is 10.8. The molecule has 0 spiro atoms. The van der Waals surface area contributed by atoms with Crippen molar-refractivity contribution in [3.8, 4) is 5.75 Å². The van der Waals surface area contributed by atoms with Crippen LogP contribution >= 0.6 is 0 Å². The molecular weight excluding hydrogens is 360 g/mol. The highest BCUT2D eigenvalue weighted by molar-refractivity contribution is 6.00. The maximum Gasteiger partial charge on any atom is 0.310 e. The van der Waals surface area contributed by atoms with Gasteiger partial charge in [0.2, 0.25) is 0 Å². The van der Waals surface area contributed by atoms with Crippen LogP contribution in [0.15, 0.2) is 42.5 Å². The minimum atomic E-state index is -1.01. The summed E-state index contributed by atoms with van der Waals surface area (Å²) in [6, 6.07) is 12.6. The second-order valence-corrected chi connectivity index (χ2v) is 6.68. The van der Waals surface area contributed by atoms with Gasteiger partial charge >= 0.3 is 5.97 Å². The molecule has 0 aromatic heterocycles. The topological polar surface area (TPSA) is 93.7 Å². The predicted molar refractivity (Wildman–Crippen MR) is 104 cm³/mol. The molecule has 0 aliphatic carbocycles. The Bertz CT molecular complexity index is 905. The smallest absolute Gasteiger partial charge is 0.310 e. The highest BCUT2D eigenvalue weighted by Gasteiger charge is 2.31. The van der Waals surface area contributed by atoms with E-state index >= 15 is 0 Å². The van der Waals surface area contributed by atoms with Gasteiger partial charge in [0.05, 0.1) is 12.1 Å². The molecule has 7 heteroatoms. The van der Waals surface area contributed by atoms with E-state index < -0.39 is 30.0 Å². The van der Waals surface area contributed by atoms with Crippen LogP contribution in [0.2, 0.25) is 0 Å². The van der Waals surface area contributed by atoms with Crippen LogP contribution in [0.3, 0.4) is 0 Å². The Morgan fingerprint density at radius 3 is 2.54 bits per heavy atom. The van der Waals surface area contributed by atoms with E-state index in [1.807, 2.05) is 32.0 Å². The van der Waals surface area contributed by atoms with Gasteiger partial charge in [-0.05, 0) is 44.0 Å². The highest BCUT2D eigenvalue weighted by Crippen LogP contribution is 2.29. The average molecular weight is 382 g/mol. The van der Waals surface area contributed by atoms with Crippen LogP contribution in [0.1, 0.15) is 24.5 Å². The van der Waals surface area contributed by atoms with E-state index in [9.17, 15) is 14.4 Å². The van der Waals surface area contributed by atoms with Crippen LogP contribution in [0.5, 0.6) is 5.75 Å². The summed E-state index contributed by atoms with van der Waals surface area (Å²) >= 11 is 0. The largest absolute Gasteiger partial charge is 0.478 e. The van der Waals surface area contributed by atoms with Crippen LogP contribution in [0.25, 0.3) is 0 Å². The van der Waals surface area contributed by atoms with Gasteiger partial charge in [-0.1, -0.05) is 30.3 Å². The summed E-state index contributed by atoms with van der Waals surface area (Å²) in [6.07, 6.45) is -2.30. The lowest BCUT2D eigenvalue weighted by Crippen LogP contribution is -2.40. The first kappa shape index (κ1) is 19.4. The van der Waals surface area contributed by atoms with Crippen LogP contribution in [0, 0.1) is 13.8 Å². The summed E-state index contributed by atoms with van der Waals surface area (Å²) in [5, 5.41) is 5.47. The van der Waals surface area contributed by atoms with Gasteiger partial charge in [0.1, 0.15) is 5.75 Å². The normalized spacial score (nSPS) is 16.2. The lowest BCUT2D eigenvalue weighted by molar-refractivity contribution is -0.155. The van der Waals surface area contributed by atoms with Crippen molar-refractivity contribution in [1.82, 2.24) is 0 Å². The first-order valence-electron chi connectivity index (χ1n) is 8.98. The number of para-hydroxylation sites is 3. The van der Waals surface area contributed by atoms with Crippen molar-refractivity contribution in [2.24, 2.45) is 0 Å². The summed E-state index contributed by atoms with van der Waals surface area (Å²) in [4.78, 5) is 36.7. The zero-order valence-electron chi connectivity index (χ0n) is 15.9. The molecular formula is C21H22N2O5. The third-order valence-electron chi connectivity index (χ3n) is 4.47. The highest BCUT2D eigenvalue weighted by atomic mass is 16.6. The van der Waals surface area contributed by atoms with E-state index in [2.05, 4.69) is 10.6 Å². The molecule has 0 bridgehead atoms. The molecule has 146 valence electrons. The van der Waals surface area contributed by atoms with Crippen molar-refractivity contribution in [3.63, 3.8) is 0 Å². The Kier molecular flexibility index (Phi) is 5.63. The number of hydrogen-bond acceptors (Lipinski definition) is 5. The van der Waals surface area contributed by atoms with Crippen molar-refractivity contribution in [1.29, 1.82) is 0 Å². The minimum absolute atomic E-state index is 0.290. The second kappa shape index (κ2) is 8.12. The van der Waals surface area contributed by atoms with Crippen LogP contribution in [-0.4, -0.2) is 30.0 Å². The van der Waals surface area contributed by atoms with E-state index in [1.165, 1.54) is 6.92 Å². The molecule has 1 heterocycles. The molecule has 1 aliphatic rings. The van der Waals surface area contributed by atoms with E-state index in [0.29, 0.717) is 17.1 Å². The molecule has 2 N–H and O–H groups in total. The molecule has 0 unspecified atom stereocenters. The SMILES string of the molecule is Cc1cccc(C)c1NC(=O)[C@@H](C)OC(=O)C[C@@H]1Oc2ccccc2NC1=O. The first-order valence-corrected chi connectivity index (χ1v) is 8.98. The number of carbonyl (C=O) groups is 3. The Morgan fingerprint density at radius 2 is 1.82 bits per heavy atom. The Hall–Kier alpha value is -3.35. The number of esters is 1. The van der Waals surface area contributed by atoms with Crippen molar-refractivity contribution in [2.45, 2.75) is 39.4 Å². The van der Waals surface area contributed by atoms with E-state index in [1.54, 1.807) is 24.3 Å². The standard InChI is InChI=1S/C21H22N2O5/c1-12-7-6-8-13(2)19(12)23-20(25)14(3)27-18(24)11-17-21(26)22-15-9-4-5-10-16(15)28-17/h4-10,14,17H,11H2,1-3H3,(H,22,26)(H,23,25)/t14-,17+/m1/s1. The van der Waals surface area contributed by atoms with Crippen molar-refractivity contribution in [3.05, 3.63) is 53.6 Å². The van der Waals surface area contributed by atoms with Gasteiger partial charge in [0.25, 0.3) is 11.8 Å². The first-order chi connectivity index (χ1) is 13.3. The van der Waals surface area contributed by atoms with E-state index in [4.69, 9.17) is 9.47 Å². The van der Waals surface area contributed by atoms with Gasteiger partial charge in [-0.15, -0.1) is 0 Å². The summed E-state index contributed by atoms with van der Waals surface area (Å²) in [5.74, 6) is -1.07. The van der Waals surface area contributed by atoms with Crippen molar-refractivity contribution >= 4 is 29.2 Å². The summed E-state index contributed by atoms with van der Waals surface area (Å²) in [6.45, 7) is 5.25. The van der Waals surface area contributed by atoms with Crippen molar-refractivity contribution < 1.29 is 23.9 Å². The lowest BCUT2D eigenvalue weighted by atomic mass is 10.1. The van der Waals surface area contributed by atoms with Crippen LogP contribution in [-0.2, 0) is 19.1 Å². The molecule has 2 amide bonds. The molecule has 7 nitrogen and oxygen atoms in total. The van der Waals surface area contributed by atoms with Gasteiger partial charge in [0.15, 0.2) is 12.2 Å². The molecule has 0 fully saturated rings.